The van der Waals surface area contributed by atoms with E-state index in [-0.39, 0.29) is 12.3 Å². The van der Waals surface area contributed by atoms with E-state index in [1.165, 1.54) is 14.0 Å². The molecule has 1 atom stereocenters. The van der Waals surface area contributed by atoms with Crippen molar-refractivity contribution in [3.05, 3.63) is 0 Å². The summed E-state index contributed by atoms with van der Waals surface area (Å²) in [6.07, 6.45) is -0.734. The third-order valence-electron chi connectivity index (χ3n) is 1.37. The molecule has 1 unspecified atom stereocenters. The maximum absolute atomic E-state index is 11.1. The highest BCUT2D eigenvalue weighted by atomic mass is 35.5. The second-order valence-electron chi connectivity index (χ2n) is 2.47. The van der Waals surface area contributed by atoms with E-state index < -0.39 is 17.4 Å². The number of carbonyl (C=O) groups excluding carboxylic acids is 2. The maximum atomic E-state index is 11.1. The predicted molar refractivity (Wildman–Crippen MR) is 54.9 cm³/mol. The second-order valence-corrected chi connectivity index (χ2v) is 2.91. The molecule has 0 aliphatic carbocycles. The molecule has 0 aliphatic heterocycles. The summed E-state index contributed by atoms with van der Waals surface area (Å²) in [5, 5.41) is 2.55. The average Bonchev–Trinajstić information content (AvgIpc) is 2.24. The van der Waals surface area contributed by atoms with E-state index in [9.17, 15) is 9.59 Å². The Hall–Kier alpha value is -1.30. The van der Waals surface area contributed by atoms with Crippen LogP contribution in [0, 0.1) is 0 Å². The number of halogens is 1. The van der Waals surface area contributed by atoms with Crippen LogP contribution in [-0.2, 0) is 14.3 Å². The predicted octanol–water partition coefficient (Wildman–Crippen LogP) is 0.889. The van der Waals surface area contributed by atoms with Crippen LogP contribution in [0.4, 0.5) is 4.79 Å². The van der Waals surface area contributed by atoms with E-state index in [4.69, 9.17) is 11.6 Å². The van der Waals surface area contributed by atoms with Gasteiger partial charge in [-0.25, -0.2) is 10.2 Å². The molecule has 0 saturated carbocycles. The first-order chi connectivity index (χ1) is 7.02. The lowest BCUT2D eigenvalue weighted by Gasteiger charge is -2.07. The van der Waals surface area contributed by atoms with Crippen LogP contribution in [0.3, 0.4) is 0 Å². The van der Waals surface area contributed by atoms with Crippen LogP contribution in [0.2, 0.25) is 0 Å². The zero-order valence-electron chi connectivity index (χ0n) is 8.74. The summed E-state index contributed by atoms with van der Waals surface area (Å²) in [4.78, 5) is 21.8. The quantitative estimate of drug-likeness (QED) is 0.340. The monoisotopic (exact) mass is 236 g/mol. The van der Waals surface area contributed by atoms with Crippen molar-refractivity contribution in [1.29, 1.82) is 0 Å². The number of hydrogen-bond donors (Lipinski definition) is 1. The van der Waals surface area contributed by atoms with E-state index >= 15 is 0 Å². The third-order valence-corrected chi connectivity index (χ3v) is 1.86. The number of esters is 1. The molecule has 1 N–H and O–H groups in total. The van der Waals surface area contributed by atoms with Gasteiger partial charge in [0.1, 0.15) is 0 Å². The van der Waals surface area contributed by atoms with Crippen molar-refractivity contribution in [1.82, 2.24) is 5.43 Å². The molecule has 7 heteroatoms. The number of nitrogens with one attached hydrogen (secondary N) is 1. The van der Waals surface area contributed by atoms with Gasteiger partial charge in [-0.1, -0.05) is 0 Å². The highest BCUT2D eigenvalue weighted by molar-refractivity contribution is 6.41. The van der Waals surface area contributed by atoms with Gasteiger partial charge in [-0.15, -0.1) is 11.6 Å². The highest BCUT2D eigenvalue weighted by Crippen LogP contribution is 2.01. The Morgan fingerprint density at radius 1 is 1.53 bits per heavy atom. The topological polar surface area (TPSA) is 77.0 Å². The summed E-state index contributed by atoms with van der Waals surface area (Å²) in [6, 6.07) is 0. The standard InChI is InChI=1S/C8H13ClN2O4/c1-4-15-7(12)6(9)5(2)10-11-8(13)14-3/h6H,4H2,1-3H3,(H,11,13)/b10-5-. The maximum Gasteiger partial charge on any atom is 0.427 e. The summed E-state index contributed by atoms with van der Waals surface area (Å²) in [5.41, 5.74) is 2.27. The number of methoxy groups -OCH3 is 1. The molecular formula is C8H13ClN2O4. The fourth-order valence-electron chi connectivity index (χ4n) is 0.622. The van der Waals surface area contributed by atoms with E-state index in [0.29, 0.717) is 0 Å². The number of carbonyl (C=O) groups is 2. The number of rotatable bonds is 4. The molecule has 0 heterocycles. The molecule has 86 valence electrons. The van der Waals surface area contributed by atoms with Crippen molar-refractivity contribution in [3.8, 4) is 0 Å². The van der Waals surface area contributed by atoms with Gasteiger partial charge in [-0.3, -0.25) is 4.79 Å². The second kappa shape index (κ2) is 7.05. The normalized spacial score (nSPS) is 12.9. The van der Waals surface area contributed by atoms with Gasteiger partial charge in [-0.05, 0) is 13.8 Å². The Morgan fingerprint density at radius 3 is 2.60 bits per heavy atom. The summed E-state index contributed by atoms with van der Waals surface area (Å²) >= 11 is 5.69. The number of ether oxygens (including phenoxy) is 2. The molecule has 0 fully saturated rings. The number of alkyl halides is 1. The van der Waals surface area contributed by atoms with Crippen LogP contribution in [0.5, 0.6) is 0 Å². The lowest BCUT2D eigenvalue weighted by Crippen LogP contribution is -2.28. The zero-order valence-corrected chi connectivity index (χ0v) is 9.50. The van der Waals surface area contributed by atoms with Gasteiger partial charge in [0.2, 0.25) is 0 Å². The molecule has 1 amide bonds. The largest absolute Gasteiger partial charge is 0.465 e. The fourth-order valence-corrected chi connectivity index (χ4v) is 0.734. The molecule has 0 aromatic rings. The van der Waals surface area contributed by atoms with Crippen molar-refractivity contribution >= 4 is 29.4 Å². The third kappa shape index (κ3) is 5.21. The van der Waals surface area contributed by atoms with Crippen LogP contribution in [0.15, 0.2) is 5.10 Å². The van der Waals surface area contributed by atoms with Crippen molar-refractivity contribution in [2.45, 2.75) is 19.2 Å². The number of hydrazone groups is 1. The number of amides is 1. The molecule has 15 heavy (non-hydrogen) atoms. The van der Waals surface area contributed by atoms with Gasteiger partial charge in [0, 0.05) is 0 Å². The Kier molecular flexibility index (Phi) is 6.44. The van der Waals surface area contributed by atoms with E-state index in [2.05, 4.69) is 14.6 Å². The summed E-state index contributed by atoms with van der Waals surface area (Å²) < 4.78 is 8.93. The van der Waals surface area contributed by atoms with Crippen molar-refractivity contribution in [2.75, 3.05) is 13.7 Å². The van der Waals surface area contributed by atoms with Gasteiger partial charge < -0.3 is 9.47 Å². The first-order valence-corrected chi connectivity index (χ1v) is 4.65. The van der Waals surface area contributed by atoms with Crippen LogP contribution in [0.25, 0.3) is 0 Å². The summed E-state index contributed by atoms with van der Waals surface area (Å²) in [6.45, 7) is 3.39. The van der Waals surface area contributed by atoms with Crippen LogP contribution in [-0.4, -0.2) is 36.9 Å². The van der Waals surface area contributed by atoms with Gasteiger partial charge in [0.15, 0.2) is 5.38 Å². The molecule has 0 aromatic carbocycles. The average molecular weight is 237 g/mol. The van der Waals surface area contributed by atoms with Gasteiger partial charge >= 0.3 is 12.1 Å². The molecular weight excluding hydrogens is 224 g/mol. The van der Waals surface area contributed by atoms with Crippen molar-refractivity contribution in [2.24, 2.45) is 5.10 Å². The van der Waals surface area contributed by atoms with E-state index in [0.717, 1.165) is 0 Å². The van der Waals surface area contributed by atoms with Crippen molar-refractivity contribution < 1.29 is 19.1 Å². The van der Waals surface area contributed by atoms with E-state index in [1.807, 2.05) is 5.43 Å². The Morgan fingerprint density at radius 2 is 2.13 bits per heavy atom. The minimum atomic E-state index is -1.01. The molecule has 0 spiro atoms. The molecule has 0 radical (unpaired) electrons. The first kappa shape index (κ1) is 13.7. The zero-order chi connectivity index (χ0) is 11.8. The number of hydrogen-bond acceptors (Lipinski definition) is 5. The first-order valence-electron chi connectivity index (χ1n) is 4.21. The molecule has 0 saturated heterocycles. The summed E-state index contributed by atoms with van der Waals surface area (Å²) in [5.74, 6) is -0.605. The molecule has 0 aliphatic rings. The molecule has 0 rings (SSSR count). The molecule has 0 bridgehead atoms. The highest BCUT2D eigenvalue weighted by Gasteiger charge is 2.20. The lowest BCUT2D eigenvalue weighted by molar-refractivity contribution is -0.141. The van der Waals surface area contributed by atoms with Crippen LogP contribution >= 0.6 is 11.6 Å². The Labute approximate surface area is 92.6 Å². The van der Waals surface area contributed by atoms with Crippen LogP contribution in [0.1, 0.15) is 13.8 Å². The number of nitrogens with zero attached hydrogens (tertiary/aromatic N) is 1. The van der Waals surface area contributed by atoms with E-state index in [1.54, 1.807) is 6.92 Å². The van der Waals surface area contributed by atoms with Gasteiger partial charge in [0.25, 0.3) is 0 Å². The molecule has 0 aromatic heterocycles. The summed E-state index contributed by atoms with van der Waals surface area (Å²) in [7, 11) is 1.20. The smallest absolute Gasteiger partial charge is 0.427 e. The fraction of sp³-hybridized carbons (Fsp3) is 0.625. The minimum absolute atomic E-state index is 0.223. The Bertz CT molecular complexity index is 267. The SMILES string of the molecule is CCOC(=O)C(Cl)/C(C)=N\NC(=O)OC. The van der Waals surface area contributed by atoms with Crippen molar-refractivity contribution in [3.63, 3.8) is 0 Å². The lowest BCUT2D eigenvalue weighted by atomic mass is 10.3. The molecule has 6 nitrogen and oxygen atoms in total. The van der Waals surface area contributed by atoms with Crippen LogP contribution < -0.4 is 5.43 Å². The van der Waals surface area contributed by atoms with Gasteiger partial charge in [0.05, 0.1) is 19.4 Å². The Balaban J connectivity index is 4.23. The minimum Gasteiger partial charge on any atom is -0.465 e. The van der Waals surface area contributed by atoms with Gasteiger partial charge in [-0.2, -0.15) is 5.10 Å².